The van der Waals surface area contributed by atoms with E-state index in [0.29, 0.717) is 25.6 Å². The predicted molar refractivity (Wildman–Crippen MR) is 60.8 cm³/mol. The highest BCUT2D eigenvalue weighted by Crippen LogP contribution is 2.30. The number of nitrogens with zero attached hydrogens (tertiary/aromatic N) is 2. The summed E-state index contributed by atoms with van der Waals surface area (Å²) in [6.45, 7) is 1.84. The Morgan fingerprint density at radius 2 is 1.87 bits per heavy atom. The summed E-state index contributed by atoms with van der Waals surface area (Å²) in [5.41, 5.74) is 0. The van der Waals surface area contributed by atoms with Gasteiger partial charge in [0.2, 0.25) is 0 Å². The summed E-state index contributed by atoms with van der Waals surface area (Å²) in [5, 5.41) is 2.94. The fraction of sp³-hybridized carbons (Fsp3) is 1.00. The third kappa shape index (κ3) is 3.71. The fourth-order valence-corrected chi connectivity index (χ4v) is 2.58. The van der Waals surface area contributed by atoms with Gasteiger partial charge in [0, 0.05) is 33.7 Å². The van der Waals surface area contributed by atoms with Gasteiger partial charge in [-0.3, -0.25) is 0 Å². The van der Waals surface area contributed by atoms with Crippen LogP contribution in [0.4, 0.5) is 0 Å². The zero-order valence-electron chi connectivity index (χ0n) is 9.73. The van der Waals surface area contributed by atoms with E-state index in [2.05, 4.69) is 5.32 Å². The number of likely N-dealkylation sites (N-methyl/N-ethyl adjacent to an activating group) is 2. The van der Waals surface area contributed by atoms with Crippen molar-refractivity contribution < 1.29 is 8.42 Å². The van der Waals surface area contributed by atoms with Gasteiger partial charge < -0.3 is 5.32 Å². The van der Waals surface area contributed by atoms with Crippen molar-refractivity contribution in [3.63, 3.8) is 0 Å². The van der Waals surface area contributed by atoms with Gasteiger partial charge in [-0.1, -0.05) is 0 Å². The topological polar surface area (TPSA) is 52.7 Å². The van der Waals surface area contributed by atoms with E-state index in [0.717, 1.165) is 0 Å². The maximum absolute atomic E-state index is 11.9. The van der Waals surface area contributed by atoms with Gasteiger partial charge in [0.25, 0.3) is 10.2 Å². The summed E-state index contributed by atoms with van der Waals surface area (Å²) < 4.78 is 26.7. The molecular weight excluding hydrogens is 214 g/mol. The highest BCUT2D eigenvalue weighted by molar-refractivity contribution is 7.86. The second kappa shape index (κ2) is 5.25. The van der Waals surface area contributed by atoms with Crippen LogP contribution in [0.3, 0.4) is 0 Å². The normalized spacial score (nSPS) is 17.7. The number of rotatable bonds is 7. The van der Waals surface area contributed by atoms with Gasteiger partial charge in [-0.15, -0.1) is 0 Å². The first-order valence-corrected chi connectivity index (χ1v) is 6.70. The Kier molecular flexibility index (Phi) is 4.51. The molecule has 1 aliphatic rings. The van der Waals surface area contributed by atoms with Crippen LogP contribution in [0.15, 0.2) is 0 Å². The number of hydrogen-bond donors (Lipinski definition) is 1. The van der Waals surface area contributed by atoms with Crippen LogP contribution in [0.1, 0.15) is 12.8 Å². The van der Waals surface area contributed by atoms with E-state index in [4.69, 9.17) is 0 Å². The molecule has 0 saturated heterocycles. The summed E-state index contributed by atoms with van der Waals surface area (Å²) in [7, 11) is 1.85. The zero-order valence-corrected chi connectivity index (χ0v) is 10.5. The molecule has 15 heavy (non-hydrogen) atoms. The van der Waals surface area contributed by atoms with Gasteiger partial charge in [-0.2, -0.15) is 17.0 Å². The van der Waals surface area contributed by atoms with E-state index in [1.165, 1.54) is 21.5 Å². The molecule has 0 radical (unpaired) electrons. The summed E-state index contributed by atoms with van der Waals surface area (Å²) >= 11 is 0. The molecule has 0 aromatic heterocycles. The average molecular weight is 235 g/mol. The van der Waals surface area contributed by atoms with Gasteiger partial charge in [-0.25, -0.2) is 0 Å². The van der Waals surface area contributed by atoms with Crippen molar-refractivity contribution in [3.05, 3.63) is 0 Å². The molecule has 0 bridgehead atoms. The molecule has 1 rings (SSSR count). The Hall–Kier alpha value is -0.170. The van der Waals surface area contributed by atoms with Crippen molar-refractivity contribution in [3.8, 4) is 0 Å². The largest absolute Gasteiger partial charge is 0.318 e. The van der Waals surface area contributed by atoms with Crippen molar-refractivity contribution in [2.24, 2.45) is 5.92 Å². The third-order valence-corrected chi connectivity index (χ3v) is 4.58. The molecule has 5 nitrogen and oxygen atoms in total. The Morgan fingerprint density at radius 3 is 2.33 bits per heavy atom. The smallest absolute Gasteiger partial charge is 0.281 e. The lowest BCUT2D eigenvalue weighted by Crippen LogP contribution is -2.42. The Labute approximate surface area is 92.6 Å². The highest BCUT2D eigenvalue weighted by Gasteiger charge is 2.30. The molecule has 0 atom stereocenters. The van der Waals surface area contributed by atoms with Crippen LogP contribution in [0.25, 0.3) is 0 Å². The van der Waals surface area contributed by atoms with Crippen molar-refractivity contribution in [2.45, 2.75) is 12.8 Å². The molecule has 0 amide bonds. The lowest BCUT2D eigenvalue weighted by Gasteiger charge is -2.24. The summed E-state index contributed by atoms with van der Waals surface area (Å²) in [6, 6.07) is 0. The molecule has 0 aromatic carbocycles. The van der Waals surface area contributed by atoms with E-state index in [1.54, 1.807) is 14.1 Å². The third-order valence-electron chi connectivity index (χ3n) is 2.68. The molecule has 1 fully saturated rings. The van der Waals surface area contributed by atoms with Crippen molar-refractivity contribution >= 4 is 10.2 Å². The summed E-state index contributed by atoms with van der Waals surface area (Å²) in [6.07, 6.45) is 2.33. The molecule has 1 saturated carbocycles. The zero-order chi connectivity index (χ0) is 11.5. The average Bonchev–Trinajstić information content (AvgIpc) is 2.97. The molecule has 0 spiro atoms. The van der Waals surface area contributed by atoms with E-state index in [-0.39, 0.29) is 0 Å². The minimum absolute atomic E-state index is 0.508. The molecule has 90 valence electrons. The van der Waals surface area contributed by atoms with E-state index in [1.807, 2.05) is 7.05 Å². The van der Waals surface area contributed by atoms with Gasteiger partial charge in [0.05, 0.1) is 0 Å². The van der Waals surface area contributed by atoms with Crippen LogP contribution in [0.5, 0.6) is 0 Å². The number of nitrogens with one attached hydrogen (secondary N) is 1. The van der Waals surface area contributed by atoms with Gasteiger partial charge in [0.15, 0.2) is 0 Å². The summed E-state index contributed by atoms with van der Waals surface area (Å²) in [5.74, 6) is 0.586. The second-order valence-electron chi connectivity index (χ2n) is 4.16. The quantitative estimate of drug-likeness (QED) is 0.660. The first kappa shape index (κ1) is 12.9. The lowest BCUT2D eigenvalue weighted by atomic mass is 10.4. The van der Waals surface area contributed by atoms with Crippen LogP contribution < -0.4 is 5.32 Å². The Morgan fingerprint density at radius 1 is 1.27 bits per heavy atom. The Balaban J connectivity index is 2.46. The van der Waals surface area contributed by atoms with Crippen molar-refractivity contribution in [1.82, 2.24) is 13.9 Å². The highest BCUT2D eigenvalue weighted by atomic mass is 32.2. The van der Waals surface area contributed by atoms with Crippen LogP contribution in [-0.4, -0.2) is 57.8 Å². The monoisotopic (exact) mass is 235 g/mol. The molecule has 0 heterocycles. The molecule has 1 aliphatic carbocycles. The summed E-state index contributed by atoms with van der Waals surface area (Å²) in [4.78, 5) is 0. The number of hydrogen-bond acceptors (Lipinski definition) is 3. The van der Waals surface area contributed by atoms with Gasteiger partial charge in [0.1, 0.15) is 0 Å². The molecule has 0 unspecified atom stereocenters. The van der Waals surface area contributed by atoms with Crippen LogP contribution >= 0.6 is 0 Å². The standard InChI is InChI=1S/C9H21N3O2S/c1-10-6-7-11(2)15(13,14)12(3)8-9-4-5-9/h9-10H,4-8H2,1-3H3. The van der Waals surface area contributed by atoms with Crippen molar-refractivity contribution in [1.29, 1.82) is 0 Å². The second-order valence-corrected chi connectivity index (χ2v) is 6.30. The van der Waals surface area contributed by atoms with Gasteiger partial charge in [-0.05, 0) is 25.8 Å². The first-order valence-electron chi connectivity index (χ1n) is 5.30. The fourth-order valence-electron chi connectivity index (χ4n) is 1.38. The van der Waals surface area contributed by atoms with Crippen LogP contribution in [0.2, 0.25) is 0 Å². The van der Waals surface area contributed by atoms with Crippen molar-refractivity contribution in [2.75, 3.05) is 40.8 Å². The van der Waals surface area contributed by atoms with Gasteiger partial charge >= 0.3 is 0 Å². The molecule has 0 aliphatic heterocycles. The minimum Gasteiger partial charge on any atom is -0.318 e. The van der Waals surface area contributed by atoms with E-state index < -0.39 is 10.2 Å². The van der Waals surface area contributed by atoms with E-state index >= 15 is 0 Å². The van der Waals surface area contributed by atoms with Crippen LogP contribution in [-0.2, 0) is 10.2 Å². The van der Waals surface area contributed by atoms with Crippen LogP contribution in [0, 0.1) is 5.92 Å². The maximum Gasteiger partial charge on any atom is 0.281 e. The molecule has 0 aromatic rings. The lowest BCUT2D eigenvalue weighted by molar-refractivity contribution is 0.384. The minimum atomic E-state index is -3.24. The predicted octanol–water partition coefficient (Wildman–Crippen LogP) is -0.276. The SMILES string of the molecule is CNCCN(C)S(=O)(=O)N(C)CC1CC1. The molecule has 6 heteroatoms. The first-order chi connectivity index (χ1) is 6.98. The molecular formula is C9H21N3O2S. The Bertz CT molecular complexity index is 288. The maximum atomic E-state index is 11.9. The molecule has 1 N–H and O–H groups in total. The van der Waals surface area contributed by atoms with E-state index in [9.17, 15) is 8.42 Å².